The van der Waals surface area contributed by atoms with Crippen LogP contribution in [0.15, 0.2) is 30.3 Å². The van der Waals surface area contributed by atoms with Gasteiger partial charge in [0.15, 0.2) is 0 Å². The lowest BCUT2D eigenvalue weighted by atomic mass is 10.1. The summed E-state index contributed by atoms with van der Waals surface area (Å²) in [6, 6.07) is 8.12. The first-order chi connectivity index (χ1) is 8.49. The molecule has 0 aliphatic carbocycles. The standard InChI is InChI=1S/C13H17NO4/c1-9(2)18-13(17)14-11(12(15)16)8-10-6-4-3-5-7-10/h3-7,9,11H,8H2,1-2H3,(H,14,17)(H,15,16). The molecular formula is C13H17NO4. The highest BCUT2D eigenvalue weighted by Crippen LogP contribution is 2.04. The number of rotatable bonds is 5. The highest BCUT2D eigenvalue weighted by Gasteiger charge is 2.21. The summed E-state index contributed by atoms with van der Waals surface area (Å²) in [6.45, 7) is 3.40. The minimum Gasteiger partial charge on any atom is -0.480 e. The van der Waals surface area contributed by atoms with Gasteiger partial charge in [-0.3, -0.25) is 0 Å². The van der Waals surface area contributed by atoms with Crippen molar-refractivity contribution in [3.8, 4) is 0 Å². The molecule has 1 atom stereocenters. The lowest BCUT2D eigenvalue weighted by Crippen LogP contribution is -2.43. The highest BCUT2D eigenvalue weighted by atomic mass is 16.6. The number of hydrogen-bond acceptors (Lipinski definition) is 3. The Labute approximate surface area is 106 Å². The van der Waals surface area contributed by atoms with E-state index in [0.717, 1.165) is 5.56 Å². The quantitative estimate of drug-likeness (QED) is 0.837. The van der Waals surface area contributed by atoms with Crippen LogP contribution in [-0.2, 0) is 16.0 Å². The number of carbonyl (C=O) groups is 2. The largest absolute Gasteiger partial charge is 0.480 e. The summed E-state index contributed by atoms with van der Waals surface area (Å²) in [7, 11) is 0. The summed E-state index contributed by atoms with van der Waals surface area (Å²) in [5.41, 5.74) is 0.842. The molecular weight excluding hydrogens is 234 g/mol. The van der Waals surface area contributed by atoms with E-state index < -0.39 is 18.1 Å². The van der Waals surface area contributed by atoms with E-state index >= 15 is 0 Å². The monoisotopic (exact) mass is 251 g/mol. The fourth-order valence-electron chi connectivity index (χ4n) is 1.44. The van der Waals surface area contributed by atoms with Gasteiger partial charge in [0, 0.05) is 6.42 Å². The van der Waals surface area contributed by atoms with Crippen LogP contribution in [0, 0.1) is 0 Å². The molecule has 1 rings (SSSR count). The molecule has 1 aromatic carbocycles. The molecule has 0 aromatic heterocycles. The molecule has 1 amide bonds. The number of hydrogen-bond donors (Lipinski definition) is 2. The summed E-state index contributed by atoms with van der Waals surface area (Å²) < 4.78 is 4.86. The number of carboxylic acid groups (broad SMARTS) is 1. The molecule has 0 aliphatic heterocycles. The van der Waals surface area contributed by atoms with Gasteiger partial charge in [-0.2, -0.15) is 0 Å². The maximum atomic E-state index is 11.4. The number of carbonyl (C=O) groups excluding carboxylic acids is 1. The highest BCUT2D eigenvalue weighted by molar-refractivity contribution is 5.80. The molecule has 2 N–H and O–H groups in total. The van der Waals surface area contributed by atoms with E-state index in [9.17, 15) is 9.59 Å². The molecule has 1 aromatic rings. The minimum absolute atomic E-state index is 0.226. The third kappa shape index (κ3) is 4.86. The van der Waals surface area contributed by atoms with Gasteiger partial charge >= 0.3 is 12.1 Å². The van der Waals surface area contributed by atoms with Gasteiger partial charge in [0.1, 0.15) is 6.04 Å². The van der Waals surface area contributed by atoms with Crippen LogP contribution in [0.4, 0.5) is 4.79 Å². The van der Waals surface area contributed by atoms with Crippen LogP contribution in [0.3, 0.4) is 0 Å². The van der Waals surface area contributed by atoms with Gasteiger partial charge in [-0.15, -0.1) is 0 Å². The van der Waals surface area contributed by atoms with Crippen LogP contribution in [0.5, 0.6) is 0 Å². The number of aliphatic carboxylic acids is 1. The topological polar surface area (TPSA) is 75.6 Å². The SMILES string of the molecule is CC(C)OC(=O)NC(Cc1ccccc1)C(=O)O. The van der Waals surface area contributed by atoms with Crippen LogP contribution in [0.2, 0.25) is 0 Å². The van der Waals surface area contributed by atoms with E-state index in [1.807, 2.05) is 30.3 Å². The molecule has 18 heavy (non-hydrogen) atoms. The Morgan fingerprint density at radius 3 is 2.39 bits per heavy atom. The van der Waals surface area contributed by atoms with Gasteiger partial charge in [-0.25, -0.2) is 9.59 Å². The summed E-state index contributed by atoms with van der Waals surface area (Å²) >= 11 is 0. The van der Waals surface area contributed by atoms with Crippen molar-refractivity contribution in [1.82, 2.24) is 5.32 Å². The van der Waals surface area contributed by atoms with Gasteiger partial charge < -0.3 is 15.2 Å². The molecule has 0 fully saturated rings. The zero-order valence-corrected chi connectivity index (χ0v) is 10.4. The summed E-state index contributed by atoms with van der Waals surface area (Å²) in [6.07, 6.45) is -0.770. The molecule has 0 radical (unpaired) electrons. The van der Waals surface area contributed by atoms with Crippen LogP contribution in [-0.4, -0.2) is 29.3 Å². The Morgan fingerprint density at radius 2 is 1.89 bits per heavy atom. The van der Waals surface area contributed by atoms with Crippen molar-refractivity contribution in [2.75, 3.05) is 0 Å². The smallest absolute Gasteiger partial charge is 0.408 e. The van der Waals surface area contributed by atoms with Crippen molar-refractivity contribution in [2.24, 2.45) is 0 Å². The number of alkyl carbamates (subject to hydrolysis) is 1. The Morgan fingerprint density at radius 1 is 1.28 bits per heavy atom. The first-order valence-electron chi connectivity index (χ1n) is 5.73. The van der Waals surface area contributed by atoms with E-state index in [1.54, 1.807) is 13.8 Å². The predicted molar refractivity (Wildman–Crippen MR) is 66.3 cm³/mol. The molecule has 0 bridgehead atoms. The van der Waals surface area contributed by atoms with Gasteiger partial charge in [-0.1, -0.05) is 30.3 Å². The van der Waals surface area contributed by atoms with Crippen molar-refractivity contribution < 1.29 is 19.4 Å². The maximum absolute atomic E-state index is 11.4. The van der Waals surface area contributed by atoms with Crippen molar-refractivity contribution >= 4 is 12.1 Å². The molecule has 0 saturated carbocycles. The molecule has 98 valence electrons. The number of ether oxygens (including phenoxy) is 1. The van der Waals surface area contributed by atoms with Crippen LogP contribution >= 0.6 is 0 Å². The van der Waals surface area contributed by atoms with Crippen molar-refractivity contribution in [1.29, 1.82) is 0 Å². The van der Waals surface area contributed by atoms with E-state index in [4.69, 9.17) is 9.84 Å². The molecule has 0 saturated heterocycles. The Balaban J connectivity index is 2.61. The van der Waals surface area contributed by atoms with E-state index in [1.165, 1.54) is 0 Å². The van der Waals surface area contributed by atoms with Gasteiger partial charge in [0.05, 0.1) is 6.10 Å². The fraction of sp³-hybridized carbons (Fsp3) is 0.385. The second-order valence-corrected chi connectivity index (χ2v) is 4.18. The third-order valence-corrected chi connectivity index (χ3v) is 2.22. The Kier molecular flexibility index (Phi) is 5.17. The summed E-state index contributed by atoms with van der Waals surface area (Å²) in [5.74, 6) is -1.08. The lowest BCUT2D eigenvalue weighted by Gasteiger charge is -2.15. The zero-order chi connectivity index (χ0) is 13.5. The van der Waals surface area contributed by atoms with Crippen molar-refractivity contribution in [3.05, 3.63) is 35.9 Å². The summed E-state index contributed by atoms with van der Waals surface area (Å²) in [4.78, 5) is 22.4. The average molecular weight is 251 g/mol. The van der Waals surface area contributed by atoms with E-state index in [2.05, 4.69) is 5.32 Å². The number of amides is 1. The first-order valence-corrected chi connectivity index (χ1v) is 5.73. The molecule has 0 spiro atoms. The third-order valence-electron chi connectivity index (χ3n) is 2.22. The van der Waals surface area contributed by atoms with Crippen molar-refractivity contribution in [3.63, 3.8) is 0 Å². The predicted octanol–water partition coefficient (Wildman–Crippen LogP) is 1.82. The number of nitrogens with one attached hydrogen (secondary N) is 1. The number of carboxylic acids is 1. The Hall–Kier alpha value is -2.04. The first kappa shape index (κ1) is 14.0. The van der Waals surface area contributed by atoms with Crippen LogP contribution in [0.25, 0.3) is 0 Å². The maximum Gasteiger partial charge on any atom is 0.408 e. The van der Waals surface area contributed by atoms with E-state index in [0.29, 0.717) is 0 Å². The lowest BCUT2D eigenvalue weighted by molar-refractivity contribution is -0.139. The number of benzene rings is 1. The average Bonchev–Trinajstić information content (AvgIpc) is 2.28. The molecule has 0 heterocycles. The van der Waals surface area contributed by atoms with Crippen LogP contribution < -0.4 is 5.32 Å². The second-order valence-electron chi connectivity index (χ2n) is 4.18. The zero-order valence-electron chi connectivity index (χ0n) is 10.4. The molecule has 0 aliphatic rings. The molecule has 5 nitrogen and oxygen atoms in total. The molecule has 5 heteroatoms. The van der Waals surface area contributed by atoms with Crippen molar-refractivity contribution in [2.45, 2.75) is 32.4 Å². The minimum atomic E-state index is -1.08. The summed E-state index contributed by atoms with van der Waals surface area (Å²) in [5, 5.41) is 11.4. The van der Waals surface area contributed by atoms with Gasteiger partial charge in [0.2, 0.25) is 0 Å². The normalized spacial score (nSPS) is 11.9. The van der Waals surface area contributed by atoms with Gasteiger partial charge in [-0.05, 0) is 19.4 Å². The molecule has 1 unspecified atom stereocenters. The Bertz CT molecular complexity index is 403. The van der Waals surface area contributed by atoms with Crippen LogP contribution in [0.1, 0.15) is 19.4 Å². The second kappa shape index (κ2) is 6.64. The van der Waals surface area contributed by atoms with Gasteiger partial charge in [0.25, 0.3) is 0 Å². The fourth-order valence-corrected chi connectivity index (χ4v) is 1.44. The van der Waals surface area contributed by atoms with E-state index in [-0.39, 0.29) is 12.5 Å².